The third kappa shape index (κ3) is 16.8. The summed E-state index contributed by atoms with van der Waals surface area (Å²) in [6.07, 6.45) is 3.27. The summed E-state index contributed by atoms with van der Waals surface area (Å²) < 4.78 is 16.9. The molecule has 0 saturated heterocycles. The lowest BCUT2D eigenvalue weighted by molar-refractivity contribution is -0.134. The minimum Gasteiger partial charge on any atom is -0.375 e. The molecule has 0 aliphatic rings. The van der Waals surface area contributed by atoms with Gasteiger partial charge in [-0.2, -0.15) is 0 Å². The van der Waals surface area contributed by atoms with Crippen molar-refractivity contribution < 1.29 is 33.4 Å². The van der Waals surface area contributed by atoms with Crippen LogP contribution < -0.4 is 10.6 Å². The number of aldehydes is 2. The lowest BCUT2D eigenvalue weighted by Crippen LogP contribution is -2.36. The quantitative estimate of drug-likeness (QED) is 0.250. The van der Waals surface area contributed by atoms with Crippen LogP contribution >= 0.6 is 0 Å². The van der Waals surface area contributed by atoms with Gasteiger partial charge < -0.3 is 34.4 Å². The summed E-state index contributed by atoms with van der Waals surface area (Å²) in [5.41, 5.74) is -0.968. The van der Waals surface area contributed by atoms with Gasteiger partial charge in [-0.25, -0.2) is 0 Å². The second-order valence-corrected chi connectivity index (χ2v) is 7.82. The molecule has 0 aromatic carbocycles. The van der Waals surface area contributed by atoms with Crippen LogP contribution in [0.2, 0.25) is 0 Å². The molecule has 2 amide bonds. The van der Waals surface area contributed by atoms with Crippen LogP contribution in [0.4, 0.5) is 0 Å². The monoisotopic (exact) mass is 416 g/mol. The number of hydrogen-bond acceptors (Lipinski definition) is 7. The number of nitrogens with one attached hydrogen (secondary N) is 2. The summed E-state index contributed by atoms with van der Waals surface area (Å²) in [5, 5.41) is 5.18. The van der Waals surface area contributed by atoms with Crippen LogP contribution in [-0.4, -0.2) is 75.1 Å². The van der Waals surface area contributed by atoms with Crippen molar-refractivity contribution in [3.8, 4) is 0 Å². The Morgan fingerprint density at radius 2 is 1.24 bits per heavy atom. The second-order valence-electron chi connectivity index (χ2n) is 7.82. The Hall–Kier alpha value is -1.84. The average Bonchev–Trinajstić information content (AvgIpc) is 2.64. The third-order valence-electron chi connectivity index (χ3n) is 4.04. The van der Waals surface area contributed by atoms with Crippen molar-refractivity contribution in [3.63, 3.8) is 0 Å². The second kappa shape index (κ2) is 15.1. The third-order valence-corrected chi connectivity index (χ3v) is 4.04. The lowest BCUT2D eigenvalue weighted by atomic mass is 10.0. The molecular formula is C20H36N2O7. The molecule has 9 nitrogen and oxygen atoms in total. The Morgan fingerprint density at radius 3 is 1.79 bits per heavy atom. The van der Waals surface area contributed by atoms with E-state index in [1.54, 1.807) is 0 Å². The maximum absolute atomic E-state index is 11.6. The Bertz CT molecular complexity index is 507. The first-order chi connectivity index (χ1) is 13.6. The van der Waals surface area contributed by atoms with Gasteiger partial charge in [0, 0.05) is 32.5 Å². The fourth-order valence-corrected chi connectivity index (χ4v) is 2.10. The SMILES string of the molecule is CC(C)(CCOCC(=O)NCCC=O)OCCC(C)(C)OCC(=O)NCCC=O. The molecule has 0 aromatic heterocycles. The summed E-state index contributed by atoms with van der Waals surface area (Å²) in [4.78, 5) is 43.5. The van der Waals surface area contributed by atoms with E-state index in [1.165, 1.54) is 0 Å². The largest absolute Gasteiger partial charge is 0.375 e. The van der Waals surface area contributed by atoms with E-state index in [4.69, 9.17) is 14.2 Å². The average molecular weight is 417 g/mol. The zero-order chi connectivity index (χ0) is 22.2. The summed E-state index contributed by atoms with van der Waals surface area (Å²) in [7, 11) is 0. The van der Waals surface area contributed by atoms with Gasteiger partial charge in [0.05, 0.1) is 17.8 Å². The Kier molecular flexibility index (Phi) is 14.1. The molecule has 0 spiro atoms. The summed E-state index contributed by atoms with van der Waals surface area (Å²) in [6, 6.07) is 0. The van der Waals surface area contributed by atoms with Crippen LogP contribution in [0.25, 0.3) is 0 Å². The normalized spacial score (nSPS) is 11.7. The number of carbonyl (C=O) groups is 4. The summed E-state index contributed by atoms with van der Waals surface area (Å²) in [6.45, 7) is 8.97. The van der Waals surface area contributed by atoms with Gasteiger partial charge in [0.15, 0.2) is 0 Å². The highest BCUT2D eigenvalue weighted by atomic mass is 16.5. The fourth-order valence-electron chi connectivity index (χ4n) is 2.10. The van der Waals surface area contributed by atoms with Crippen LogP contribution in [0.5, 0.6) is 0 Å². The highest BCUT2D eigenvalue weighted by molar-refractivity contribution is 5.77. The van der Waals surface area contributed by atoms with Gasteiger partial charge in [-0.15, -0.1) is 0 Å². The smallest absolute Gasteiger partial charge is 0.246 e. The van der Waals surface area contributed by atoms with Crippen molar-refractivity contribution in [2.24, 2.45) is 0 Å². The van der Waals surface area contributed by atoms with Crippen molar-refractivity contribution >= 4 is 24.4 Å². The van der Waals surface area contributed by atoms with Crippen molar-refractivity contribution in [2.45, 2.75) is 64.6 Å². The van der Waals surface area contributed by atoms with Gasteiger partial charge in [0.2, 0.25) is 11.8 Å². The lowest BCUT2D eigenvalue weighted by Gasteiger charge is -2.29. The van der Waals surface area contributed by atoms with Crippen LogP contribution in [0, 0.1) is 0 Å². The maximum atomic E-state index is 11.6. The molecule has 2 N–H and O–H groups in total. The van der Waals surface area contributed by atoms with Crippen molar-refractivity contribution in [2.75, 3.05) is 39.5 Å². The zero-order valence-electron chi connectivity index (χ0n) is 18.1. The fraction of sp³-hybridized carbons (Fsp3) is 0.800. The number of carbonyl (C=O) groups excluding carboxylic acids is 4. The maximum Gasteiger partial charge on any atom is 0.246 e. The molecule has 0 aliphatic carbocycles. The van der Waals surface area contributed by atoms with E-state index in [0.717, 1.165) is 12.6 Å². The predicted octanol–water partition coefficient (Wildman–Crippen LogP) is 0.784. The number of ether oxygens (including phenoxy) is 3. The zero-order valence-corrected chi connectivity index (χ0v) is 18.1. The molecule has 0 heterocycles. The first-order valence-corrected chi connectivity index (χ1v) is 9.88. The Labute approximate surface area is 173 Å². The van der Waals surface area contributed by atoms with Crippen LogP contribution in [0.15, 0.2) is 0 Å². The molecule has 168 valence electrons. The molecule has 0 aliphatic heterocycles. The van der Waals surface area contributed by atoms with E-state index in [9.17, 15) is 19.2 Å². The minimum absolute atomic E-state index is 0.0509. The summed E-state index contributed by atoms with van der Waals surface area (Å²) in [5.74, 6) is -0.506. The molecule has 29 heavy (non-hydrogen) atoms. The molecule has 0 rings (SSSR count). The van der Waals surface area contributed by atoms with Gasteiger partial charge in [0.25, 0.3) is 0 Å². The molecule has 9 heteroatoms. The van der Waals surface area contributed by atoms with Crippen molar-refractivity contribution in [1.29, 1.82) is 0 Å². The summed E-state index contributed by atoms with van der Waals surface area (Å²) >= 11 is 0. The number of amides is 2. The van der Waals surface area contributed by atoms with E-state index in [2.05, 4.69) is 10.6 Å². The molecule has 0 radical (unpaired) electrons. The molecule has 0 fully saturated rings. The van der Waals surface area contributed by atoms with E-state index in [-0.39, 0.29) is 37.9 Å². The molecule has 0 aromatic rings. The number of hydrogen-bond donors (Lipinski definition) is 2. The van der Waals surface area contributed by atoms with Gasteiger partial charge >= 0.3 is 0 Å². The molecule has 0 atom stereocenters. The molecule has 0 unspecified atom stereocenters. The number of rotatable bonds is 18. The topological polar surface area (TPSA) is 120 Å². The Balaban J connectivity index is 3.95. The van der Waals surface area contributed by atoms with Gasteiger partial charge in [-0.05, 0) is 40.5 Å². The first kappa shape index (κ1) is 27.2. The minimum atomic E-state index is -0.534. The molecule has 0 saturated carbocycles. The van der Waals surface area contributed by atoms with E-state index in [1.807, 2.05) is 27.7 Å². The van der Waals surface area contributed by atoms with Gasteiger partial charge in [0.1, 0.15) is 25.8 Å². The molecular weight excluding hydrogens is 380 g/mol. The van der Waals surface area contributed by atoms with E-state index >= 15 is 0 Å². The standard InChI is InChI=1S/C20H36N2O7/c1-19(2,7-13-27-15-17(25)21-9-5-11-23)28-14-8-20(3,4)29-16-18(26)22-10-6-12-24/h11-12H,5-10,13-16H2,1-4H3,(H,21,25)(H,22,26). The van der Waals surface area contributed by atoms with Crippen LogP contribution in [0.1, 0.15) is 53.4 Å². The van der Waals surface area contributed by atoms with Crippen molar-refractivity contribution in [3.05, 3.63) is 0 Å². The predicted molar refractivity (Wildman–Crippen MR) is 107 cm³/mol. The van der Waals surface area contributed by atoms with Crippen LogP contribution in [0.3, 0.4) is 0 Å². The highest BCUT2D eigenvalue weighted by Gasteiger charge is 2.23. The van der Waals surface area contributed by atoms with Gasteiger partial charge in [-0.3, -0.25) is 9.59 Å². The van der Waals surface area contributed by atoms with Crippen molar-refractivity contribution in [1.82, 2.24) is 10.6 Å². The van der Waals surface area contributed by atoms with Gasteiger partial charge in [-0.1, -0.05) is 0 Å². The van der Waals surface area contributed by atoms with E-state index < -0.39 is 11.2 Å². The Morgan fingerprint density at radius 1 is 0.759 bits per heavy atom. The first-order valence-electron chi connectivity index (χ1n) is 9.88. The van der Waals surface area contributed by atoms with E-state index in [0.29, 0.717) is 39.1 Å². The molecule has 0 bridgehead atoms. The van der Waals surface area contributed by atoms with Crippen LogP contribution in [-0.2, 0) is 33.4 Å². The highest BCUT2D eigenvalue weighted by Crippen LogP contribution is 2.19.